The average Bonchev–Trinajstić information content (AvgIpc) is 2.24. The highest BCUT2D eigenvalue weighted by atomic mass is 16.6. The Morgan fingerprint density at radius 2 is 2.18 bits per heavy atom. The predicted molar refractivity (Wildman–Crippen MR) is 67.1 cm³/mol. The Hall–Kier alpha value is -1.82. The van der Waals surface area contributed by atoms with Gasteiger partial charge in [0.1, 0.15) is 11.4 Å². The molecule has 6 heteroatoms. The Morgan fingerprint density at radius 3 is 2.65 bits per heavy atom. The van der Waals surface area contributed by atoms with E-state index in [1.807, 2.05) is 13.8 Å². The van der Waals surface area contributed by atoms with E-state index in [1.165, 1.54) is 6.07 Å². The molecule has 0 amide bonds. The van der Waals surface area contributed by atoms with Crippen LogP contribution in [0.4, 0.5) is 17.1 Å². The lowest BCUT2D eigenvalue weighted by Gasteiger charge is -2.28. The Balaban J connectivity index is 3.27. The molecule has 0 fully saturated rings. The number of nitrogen functional groups attached to an aromatic ring is 1. The molecule has 1 aromatic carbocycles. The molecule has 0 atom stereocenters. The van der Waals surface area contributed by atoms with Gasteiger partial charge in [0.05, 0.1) is 11.5 Å². The molecule has 0 unspecified atom stereocenters. The minimum absolute atomic E-state index is 0.0441. The van der Waals surface area contributed by atoms with Crippen LogP contribution in [0.5, 0.6) is 0 Å². The van der Waals surface area contributed by atoms with Gasteiger partial charge in [-0.05, 0) is 26.0 Å². The van der Waals surface area contributed by atoms with E-state index in [1.54, 1.807) is 17.0 Å². The smallest absolute Gasteiger partial charge is 0.315 e. The minimum Gasteiger partial charge on any atom is -0.395 e. The normalized spacial score (nSPS) is 10.6. The fourth-order valence-electron chi connectivity index (χ4n) is 1.74. The van der Waals surface area contributed by atoms with Crippen molar-refractivity contribution in [3.8, 4) is 0 Å². The minimum atomic E-state index is -0.489. The molecular formula is C11H17N3O3. The van der Waals surface area contributed by atoms with E-state index >= 15 is 0 Å². The van der Waals surface area contributed by atoms with E-state index in [9.17, 15) is 10.1 Å². The number of nitrogens with two attached hydrogens (primary N) is 1. The number of hydrogen-bond acceptors (Lipinski definition) is 5. The summed E-state index contributed by atoms with van der Waals surface area (Å²) in [5, 5.41) is 20.0. The average molecular weight is 239 g/mol. The number of nitro benzene ring substituents is 1. The number of aliphatic hydroxyl groups is 1. The van der Waals surface area contributed by atoms with Gasteiger partial charge in [-0.25, -0.2) is 0 Å². The third-order valence-electron chi connectivity index (χ3n) is 2.50. The van der Waals surface area contributed by atoms with Gasteiger partial charge in [0.15, 0.2) is 0 Å². The van der Waals surface area contributed by atoms with E-state index in [4.69, 9.17) is 10.8 Å². The summed E-state index contributed by atoms with van der Waals surface area (Å²) in [6.45, 7) is 4.08. The quantitative estimate of drug-likeness (QED) is 0.460. The lowest BCUT2D eigenvalue weighted by atomic mass is 10.2. The summed E-state index contributed by atoms with van der Waals surface area (Å²) in [5.41, 5.74) is 6.10. The fourth-order valence-corrected chi connectivity index (χ4v) is 1.74. The van der Waals surface area contributed by atoms with E-state index in [2.05, 4.69) is 0 Å². The van der Waals surface area contributed by atoms with Crippen molar-refractivity contribution < 1.29 is 10.0 Å². The van der Waals surface area contributed by atoms with E-state index in [0.717, 1.165) is 0 Å². The third kappa shape index (κ3) is 2.85. The Kier molecular flexibility index (Phi) is 4.28. The fraction of sp³-hybridized carbons (Fsp3) is 0.455. The summed E-state index contributed by atoms with van der Waals surface area (Å²) in [5.74, 6) is 0. The number of aliphatic hydroxyl groups excluding tert-OH is 1. The van der Waals surface area contributed by atoms with Crippen LogP contribution in [0.2, 0.25) is 0 Å². The van der Waals surface area contributed by atoms with Crippen molar-refractivity contribution in [2.24, 2.45) is 0 Å². The van der Waals surface area contributed by atoms with Crippen molar-refractivity contribution in [1.29, 1.82) is 0 Å². The van der Waals surface area contributed by atoms with Gasteiger partial charge in [-0.15, -0.1) is 0 Å². The Morgan fingerprint density at radius 1 is 1.53 bits per heavy atom. The summed E-state index contributed by atoms with van der Waals surface area (Å²) < 4.78 is 0. The van der Waals surface area contributed by atoms with Crippen molar-refractivity contribution in [2.45, 2.75) is 19.9 Å². The summed E-state index contributed by atoms with van der Waals surface area (Å²) >= 11 is 0. The van der Waals surface area contributed by atoms with Crippen LogP contribution in [0.1, 0.15) is 13.8 Å². The van der Waals surface area contributed by atoms with Gasteiger partial charge in [-0.3, -0.25) is 10.1 Å². The molecule has 0 heterocycles. The molecule has 0 aromatic heterocycles. The number of nitrogens with zero attached hydrogens (tertiary/aromatic N) is 2. The molecule has 1 aromatic rings. The molecule has 6 nitrogen and oxygen atoms in total. The first-order valence-electron chi connectivity index (χ1n) is 5.39. The third-order valence-corrected chi connectivity index (χ3v) is 2.50. The Labute approximate surface area is 99.8 Å². The van der Waals surface area contributed by atoms with E-state index < -0.39 is 4.92 Å². The Bertz CT molecular complexity index is 407. The molecule has 0 saturated carbocycles. The highest BCUT2D eigenvalue weighted by Crippen LogP contribution is 2.34. The highest BCUT2D eigenvalue weighted by Gasteiger charge is 2.23. The van der Waals surface area contributed by atoms with Crippen LogP contribution in [0, 0.1) is 10.1 Å². The predicted octanol–water partition coefficient (Wildman–Crippen LogP) is 1.38. The monoisotopic (exact) mass is 239 g/mol. The van der Waals surface area contributed by atoms with E-state index in [0.29, 0.717) is 12.2 Å². The summed E-state index contributed by atoms with van der Waals surface area (Å²) in [6.07, 6.45) is 0. The summed E-state index contributed by atoms with van der Waals surface area (Å²) in [6, 6.07) is 4.86. The van der Waals surface area contributed by atoms with Gasteiger partial charge in [-0.2, -0.15) is 0 Å². The highest BCUT2D eigenvalue weighted by molar-refractivity contribution is 5.75. The van der Waals surface area contributed by atoms with Crippen LogP contribution >= 0.6 is 0 Å². The first kappa shape index (κ1) is 13.2. The van der Waals surface area contributed by atoms with Gasteiger partial charge >= 0.3 is 5.69 Å². The van der Waals surface area contributed by atoms with Gasteiger partial charge in [0, 0.05) is 12.6 Å². The zero-order valence-electron chi connectivity index (χ0n) is 9.96. The van der Waals surface area contributed by atoms with Gasteiger partial charge in [0.2, 0.25) is 0 Å². The molecular weight excluding hydrogens is 222 g/mol. The van der Waals surface area contributed by atoms with Crippen molar-refractivity contribution in [3.63, 3.8) is 0 Å². The zero-order valence-corrected chi connectivity index (χ0v) is 9.96. The van der Waals surface area contributed by atoms with Crippen molar-refractivity contribution in [2.75, 3.05) is 23.8 Å². The summed E-state index contributed by atoms with van der Waals surface area (Å²) in [7, 11) is 0. The number of rotatable bonds is 5. The molecule has 0 aliphatic carbocycles. The first-order chi connectivity index (χ1) is 7.99. The van der Waals surface area contributed by atoms with E-state index in [-0.39, 0.29) is 24.0 Å². The first-order valence-corrected chi connectivity index (χ1v) is 5.39. The molecule has 0 aliphatic rings. The van der Waals surface area contributed by atoms with Crippen LogP contribution in [-0.2, 0) is 0 Å². The van der Waals surface area contributed by atoms with Gasteiger partial charge < -0.3 is 15.7 Å². The van der Waals surface area contributed by atoms with Crippen molar-refractivity contribution in [3.05, 3.63) is 28.3 Å². The van der Waals surface area contributed by atoms with Gasteiger partial charge in [-0.1, -0.05) is 6.07 Å². The topological polar surface area (TPSA) is 92.6 Å². The number of benzene rings is 1. The second-order valence-corrected chi connectivity index (χ2v) is 3.98. The van der Waals surface area contributed by atoms with Crippen LogP contribution in [-0.4, -0.2) is 29.2 Å². The number of hydrogen-bond donors (Lipinski definition) is 2. The maximum Gasteiger partial charge on any atom is 0.315 e. The molecule has 0 aliphatic heterocycles. The van der Waals surface area contributed by atoms with Crippen molar-refractivity contribution in [1.82, 2.24) is 0 Å². The number of para-hydroxylation sites is 1. The molecule has 1 rings (SSSR count). The van der Waals surface area contributed by atoms with Crippen LogP contribution in [0.15, 0.2) is 18.2 Å². The summed E-state index contributed by atoms with van der Waals surface area (Å²) in [4.78, 5) is 12.3. The van der Waals surface area contributed by atoms with Crippen LogP contribution in [0.25, 0.3) is 0 Å². The number of nitro groups is 1. The van der Waals surface area contributed by atoms with Crippen LogP contribution in [0.3, 0.4) is 0 Å². The molecule has 0 saturated heterocycles. The second kappa shape index (κ2) is 5.49. The maximum absolute atomic E-state index is 11.0. The lowest BCUT2D eigenvalue weighted by Crippen LogP contribution is -2.34. The van der Waals surface area contributed by atoms with Crippen molar-refractivity contribution >= 4 is 17.1 Å². The maximum atomic E-state index is 11.0. The van der Waals surface area contributed by atoms with Crippen LogP contribution < -0.4 is 10.6 Å². The molecule has 0 radical (unpaired) electrons. The number of anilines is 2. The lowest BCUT2D eigenvalue weighted by molar-refractivity contribution is -0.383. The molecule has 0 spiro atoms. The van der Waals surface area contributed by atoms with Gasteiger partial charge in [0.25, 0.3) is 0 Å². The molecule has 17 heavy (non-hydrogen) atoms. The standard InChI is InChI=1S/C11H17N3O3/c1-8(2)13(6-7-15)10-5-3-4-9(12)11(10)14(16)17/h3-5,8,15H,6-7,12H2,1-2H3. The second-order valence-electron chi connectivity index (χ2n) is 3.98. The largest absolute Gasteiger partial charge is 0.395 e. The SMILES string of the molecule is CC(C)N(CCO)c1cccc(N)c1[N+](=O)[O-]. The molecule has 0 bridgehead atoms. The zero-order chi connectivity index (χ0) is 13.0. The molecule has 94 valence electrons. The molecule has 3 N–H and O–H groups in total.